The smallest absolute Gasteiger partial charge is 0.263 e. The number of amides is 1. The van der Waals surface area contributed by atoms with E-state index in [9.17, 15) is 9.90 Å². The van der Waals surface area contributed by atoms with E-state index >= 15 is 0 Å². The van der Waals surface area contributed by atoms with Crippen LogP contribution in [0.4, 0.5) is 0 Å². The lowest BCUT2D eigenvalue weighted by molar-refractivity contribution is -0.115. The van der Waals surface area contributed by atoms with Crippen LogP contribution in [0.25, 0.3) is 6.08 Å². The third kappa shape index (κ3) is 3.98. The van der Waals surface area contributed by atoms with E-state index in [4.69, 9.17) is 17.0 Å². The lowest BCUT2D eigenvalue weighted by Crippen LogP contribution is -2.17. The van der Waals surface area contributed by atoms with Crippen LogP contribution in [0.5, 0.6) is 11.5 Å². The second-order valence-electron chi connectivity index (χ2n) is 4.95. The molecule has 0 atom stereocenters. The molecule has 122 valence electrons. The first-order chi connectivity index (χ1) is 11.5. The van der Waals surface area contributed by atoms with Gasteiger partial charge in [0.2, 0.25) is 0 Å². The van der Waals surface area contributed by atoms with Crippen molar-refractivity contribution >= 4 is 56.2 Å². The van der Waals surface area contributed by atoms with Crippen LogP contribution in [0.3, 0.4) is 0 Å². The van der Waals surface area contributed by atoms with Crippen LogP contribution >= 0.6 is 39.9 Å². The summed E-state index contributed by atoms with van der Waals surface area (Å²) < 4.78 is 7.23. The van der Waals surface area contributed by atoms with Gasteiger partial charge in [-0.1, -0.05) is 58.1 Å². The van der Waals surface area contributed by atoms with Gasteiger partial charge in [0.15, 0.2) is 0 Å². The fraction of sp³-hybridized carbons (Fsp3) is 0.0588. The Morgan fingerprint density at radius 1 is 1.29 bits per heavy atom. The summed E-state index contributed by atoms with van der Waals surface area (Å²) in [7, 11) is 0. The standard InChI is InChI=1S/C17H12BrNO3S2/c18-13-4-2-1-3-11(13)9-22-14-8-12(20)6-5-10(14)7-15-16(21)19-17(23)24-15/h1-8,20H,9H2,(H,19,21,23). The molecule has 0 unspecified atom stereocenters. The molecular formula is C17H12BrNO3S2. The summed E-state index contributed by atoms with van der Waals surface area (Å²) >= 11 is 9.67. The number of ether oxygens (including phenoxy) is 1. The molecular weight excluding hydrogens is 410 g/mol. The number of thiocarbonyl (C=S) groups is 1. The summed E-state index contributed by atoms with van der Waals surface area (Å²) in [6.07, 6.45) is 1.70. The number of halogens is 1. The van der Waals surface area contributed by atoms with Gasteiger partial charge in [0.05, 0.1) is 4.91 Å². The maximum Gasteiger partial charge on any atom is 0.263 e. The second-order valence-corrected chi connectivity index (χ2v) is 7.53. The topological polar surface area (TPSA) is 58.6 Å². The van der Waals surface area contributed by atoms with Crippen molar-refractivity contribution in [3.8, 4) is 11.5 Å². The summed E-state index contributed by atoms with van der Waals surface area (Å²) in [5.41, 5.74) is 1.68. The predicted molar refractivity (Wildman–Crippen MR) is 103 cm³/mol. The van der Waals surface area contributed by atoms with Crippen LogP contribution in [-0.2, 0) is 11.4 Å². The molecule has 2 N–H and O–H groups in total. The van der Waals surface area contributed by atoms with Crippen LogP contribution in [0.1, 0.15) is 11.1 Å². The van der Waals surface area contributed by atoms with Crippen molar-refractivity contribution in [2.24, 2.45) is 0 Å². The van der Waals surface area contributed by atoms with E-state index in [0.717, 1.165) is 10.0 Å². The van der Waals surface area contributed by atoms with Crippen LogP contribution in [0.15, 0.2) is 51.8 Å². The zero-order valence-corrected chi connectivity index (χ0v) is 15.5. The Morgan fingerprint density at radius 2 is 2.08 bits per heavy atom. The number of phenols is 1. The van der Waals surface area contributed by atoms with Gasteiger partial charge in [-0.05, 0) is 24.3 Å². The summed E-state index contributed by atoms with van der Waals surface area (Å²) in [5, 5.41) is 12.3. The number of hydrogen-bond acceptors (Lipinski definition) is 5. The molecule has 4 nitrogen and oxygen atoms in total. The van der Waals surface area contributed by atoms with E-state index in [1.807, 2.05) is 24.3 Å². The first kappa shape index (κ1) is 17.0. The molecule has 2 aromatic carbocycles. The second kappa shape index (κ2) is 7.38. The molecule has 0 aromatic heterocycles. The normalized spacial score (nSPS) is 15.6. The van der Waals surface area contributed by atoms with Gasteiger partial charge < -0.3 is 15.2 Å². The molecule has 2 aromatic rings. The Kier molecular flexibility index (Phi) is 5.23. The van der Waals surface area contributed by atoms with Gasteiger partial charge in [-0.3, -0.25) is 4.79 Å². The number of nitrogens with one attached hydrogen (secondary N) is 1. The van der Waals surface area contributed by atoms with Crippen molar-refractivity contribution in [1.29, 1.82) is 0 Å². The lowest BCUT2D eigenvalue weighted by atomic mass is 10.1. The van der Waals surface area contributed by atoms with Gasteiger partial charge in [-0.2, -0.15) is 0 Å². The quantitative estimate of drug-likeness (QED) is 0.571. The molecule has 0 bridgehead atoms. The van der Waals surface area contributed by atoms with Gasteiger partial charge in [0, 0.05) is 21.7 Å². The van der Waals surface area contributed by atoms with Crippen molar-refractivity contribution in [2.75, 3.05) is 0 Å². The zero-order valence-electron chi connectivity index (χ0n) is 12.3. The fourth-order valence-corrected chi connectivity index (χ4v) is 3.53. The third-order valence-corrected chi connectivity index (χ3v) is 5.20. The highest BCUT2D eigenvalue weighted by molar-refractivity contribution is 9.10. The average molecular weight is 422 g/mol. The van der Waals surface area contributed by atoms with Crippen molar-refractivity contribution in [2.45, 2.75) is 6.61 Å². The van der Waals surface area contributed by atoms with Crippen molar-refractivity contribution in [3.05, 3.63) is 63.0 Å². The Hall–Kier alpha value is -1.83. The molecule has 3 rings (SSSR count). The van der Waals surface area contributed by atoms with Crippen molar-refractivity contribution in [1.82, 2.24) is 5.32 Å². The first-order valence-corrected chi connectivity index (χ1v) is 8.99. The Balaban J connectivity index is 1.86. The van der Waals surface area contributed by atoms with E-state index < -0.39 is 0 Å². The molecule has 0 aliphatic carbocycles. The molecule has 1 aliphatic rings. The summed E-state index contributed by atoms with van der Waals surface area (Å²) in [5.74, 6) is 0.359. The van der Waals surface area contributed by atoms with E-state index in [2.05, 4.69) is 21.2 Å². The number of benzene rings is 2. The predicted octanol–water partition coefficient (Wildman–Crippen LogP) is 4.22. The molecule has 1 aliphatic heterocycles. The van der Waals surface area contributed by atoms with Gasteiger partial charge in [-0.25, -0.2) is 0 Å². The highest BCUT2D eigenvalue weighted by Crippen LogP contribution is 2.32. The van der Waals surface area contributed by atoms with E-state index in [-0.39, 0.29) is 11.7 Å². The summed E-state index contributed by atoms with van der Waals surface area (Å²) in [6.45, 7) is 0.332. The van der Waals surface area contributed by atoms with Gasteiger partial charge in [0.25, 0.3) is 5.91 Å². The number of aromatic hydroxyl groups is 1. The van der Waals surface area contributed by atoms with Crippen LogP contribution in [-0.4, -0.2) is 15.3 Å². The van der Waals surface area contributed by atoms with E-state index in [1.165, 1.54) is 17.8 Å². The monoisotopic (exact) mass is 421 g/mol. The number of hydrogen-bond donors (Lipinski definition) is 2. The minimum Gasteiger partial charge on any atom is -0.508 e. The molecule has 1 amide bonds. The number of rotatable bonds is 4. The molecule has 1 heterocycles. The fourth-order valence-electron chi connectivity index (χ4n) is 2.10. The summed E-state index contributed by atoms with van der Waals surface area (Å²) in [6, 6.07) is 12.5. The first-order valence-electron chi connectivity index (χ1n) is 6.97. The molecule has 1 saturated heterocycles. The molecule has 7 heteroatoms. The highest BCUT2D eigenvalue weighted by Gasteiger charge is 2.22. The Morgan fingerprint density at radius 3 is 2.79 bits per heavy atom. The lowest BCUT2D eigenvalue weighted by Gasteiger charge is -2.11. The number of carbonyl (C=O) groups is 1. The van der Waals surface area contributed by atoms with Crippen molar-refractivity contribution < 1.29 is 14.6 Å². The van der Waals surface area contributed by atoms with E-state index in [1.54, 1.807) is 18.2 Å². The Bertz CT molecular complexity index is 851. The highest BCUT2D eigenvalue weighted by atomic mass is 79.9. The minimum atomic E-state index is -0.227. The summed E-state index contributed by atoms with van der Waals surface area (Å²) in [4.78, 5) is 12.3. The maximum absolute atomic E-state index is 11.8. The Labute approximate surface area is 157 Å². The molecule has 24 heavy (non-hydrogen) atoms. The zero-order chi connectivity index (χ0) is 17.1. The average Bonchev–Trinajstić information content (AvgIpc) is 2.86. The van der Waals surface area contributed by atoms with Crippen molar-refractivity contribution in [3.63, 3.8) is 0 Å². The molecule has 0 radical (unpaired) electrons. The number of thioether (sulfide) groups is 1. The van der Waals surface area contributed by atoms with Gasteiger partial charge >= 0.3 is 0 Å². The number of phenolic OH excluding ortho intramolecular Hbond substituents is 1. The van der Waals surface area contributed by atoms with Crippen LogP contribution in [0, 0.1) is 0 Å². The largest absolute Gasteiger partial charge is 0.508 e. The van der Waals surface area contributed by atoms with Gasteiger partial charge in [-0.15, -0.1) is 0 Å². The van der Waals surface area contributed by atoms with E-state index in [0.29, 0.717) is 27.1 Å². The van der Waals surface area contributed by atoms with Gasteiger partial charge in [0.1, 0.15) is 22.4 Å². The van der Waals surface area contributed by atoms with Crippen LogP contribution < -0.4 is 10.1 Å². The van der Waals surface area contributed by atoms with Crippen LogP contribution in [0.2, 0.25) is 0 Å². The minimum absolute atomic E-state index is 0.0957. The molecule has 0 saturated carbocycles. The third-order valence-electron chi connectivity index (χ3n) is 3.27. The maximum atomic E-state index is 11.8. The molecule has 0 spiro atoms. The SMILES string of the molecule is O=C1NC(=S)SC1=Cc1ccc(O)cc1OCc1ccccc1Br. The molecule has 1 fully saturated rings. The number of carbonyl (C=O) groups excluding carboxylic acids is 1.